The topological polar surface area (TPSA) is 76.4 Å². The van der Waals surface area contributed by atoms with E-state index in [1.54, 1.807) is 0 Å². The van der Waals surface area contributed by atoms with Gasteiger partial charge in [0.15, 0.2) is 5.76 Å². The number of furan rings is 1. The van der Waals surface area contributed by atoms with Crippen molar-refractivity contribution in [2.45, 2.75) is 57.4 Å². The van der Waals surface area contributed by atoms with E-state index in [1.807, 2.05) is 0 Å². The quantitative estimate of drug-likeness (QED) is 0.862. The summed E-state index contributed by atoms with van der Waals surface area (Å²) in [6.45, 7) is 5.91. The summed E-state index contributed by atoms with van der Waals surface area (Å²) in [5, 5.41) is 2.89. The molecule has 7 heteroatoms. The van der Waals surface area contributed by atoms with Gasteiger partial charge in [0.2, 0.25) is 0 Å². The summed E-state index contributed by atoms with van der Waals surface area (Å²) in [7, 11) is 1.39. The number of amides is 1. The number of halogens is 1. The van der Waals surface area contributed by atoms with Gasteiger partial charge in [0, 0.05) is 22.8 Å². The Labute approximate surface area is 129 Å². The lowest BCUT2D eigenvalue weighted by molar-refractivity contribution is 0.0880. The van der Waals surface area contributed by atoms with Crippen LogP contribution in [0.3, 0.4) is 0 Å². The van der Waals surface area contributed by atoms with E-state index in [-0.39, 0.29) is 22.5 Å². The van der Waals surface area contributed by atoms with E-state index in [0.717, 1.165) is 25.7 Å². The maximum atomic E-state index is 12.1. The molecule has 0 saturated heterocycles. The van der Waals surface area contributed by atoms with E-state index in [4.69, 9.17) is 15.1 Å². The fraction of sp³-hybridized carbons (Fsp3) is 0.643. The fourth-order valence-electron chi connectivity index (χ4n) is 2.62. The van der Waals surface area contributed by atoms with Crippen LogP contribution in [0.4, 0.5) is 0 Å². The van der Waals surface area contributed by atoms with Crippen LogP contribution in [0.2, 0.25) is 0 Å². The van der Waals surface area contributed by atoms with Gasteiger partial charge in [-0.2, -0.15) is 0 Å². The van der Waals surface area contributed by atoms with Gasteiger partial charge in [-0.05, 0) is 38.0 Å². The Morgan fingerprint density at radius 2 is 1.95 bits per heavy atom. The smallest absolute Gasteiger partial charge is 0.287 e. The van der Waals surface area contributed by atoms with Gasteiger partial charge in [0.05, 0.1) is 0 Å². The van der Waals surface area contributed by atoms with Gasteiger partial charge in [-0.1, -0.05) is 13.8 Å². The van der Waals surface area contributed by atoms with Crippen molar-refractivity contribution in [3.63, 3.8) is 0 Å². The zero-order valence-corrected chi connectivity index (χ0v) is 14.0. The lowest BCUT2D eigenvalue weighted by Gasteiger charge is -2.34. The molecule has 1 fully saturated rings. The van der Waals surface area contributed by atoms with E-state index in [0.29, 0.717) is 5.41 Å². The first kappa shape index (κ1) is 16.4. The Bertz CT molecular complexity index is 638. The summed E-state index contributed by atoms with van der Waals surface area (Å²) in [4.78, 5) is 12.0. The molecular weight excluding hydrogens is 314 g/mol. The standard InChI is InChI=1S/C14H20ClNO4S/c1-9-12(21(15,18)19)8-11(20-9)13(17)16-10-4-6-14(2,3)7-5-10/h8,10H,4-7H2,1-3H3,(H,16,17). The number of carbonyl (C=O) groups excluding carboxylic acids is 1. The highest BCUT2D eigenvalue weighted by atomic mass is 35.7. The fourth-order valence-corrected chi connectivity index (χ4v) is 3.71. The minimum absolute atomic E-state index is 0.0171. The Kier molecular flexibility index (Phi) is 4.40. The van der Waals surface area contributed by atoms with Crippen LogP contribution >= 0.6 is 10.7 Å². The first-order valence-electron chi connectivity index (χ1n) is 6.94. The van der Waals surface area contributed by atoms with E-state index < -0.39 is 15.0 Å². The Hall–Kier alpha value is -1.01. The van der Waals surface area contributed by atoms with Crippen molar-refractivity contribution in [3.05, 3.63) is 17.6 Å². The zero-order valence-electron chi connectivity index (χ0n) is 12.4. The summed E-state index contributed by atoms with van der Waals surface area (Å²) in [6, 6.07) is 1.28. The summed E-state index contributed by atoms with van der Waals surface area (Å²) >= 11 is 0. The number of rotatable bonds is 3. The molecule has 0 radical (unpaired) electrons. The average molecular weight is 334 g/mol. The second kappa shape index (κ2) is 5.65. The molecule has 2 rings (SSSR count). The molecular formula is C14H20ClNO4S. The SMILES string of the molecule is Cc1oc(C(=O)NC2CCC(C)(C)CC2)cc1S(=O)(=O)Cl. The molecule has 118 valence electrons. The normalized spacial score (nSPS) is 19.4. The van der Waals surface area contributed by atoms with Gasteiger partial charge in [0.25, 0.3) is 15.0 Å². The van der Waals surface area contributed by atoms with Gasteiger partial charge in [-0.3, -0.25) is 4.79 Å². The minimum Gasteiger partial charge on any atom is -0.455 e. The highest BCUT2D eigenvalue weighted by Crippen LogP contribution is 2.35. The average Bonchev–Trinajstić information content (AvgIpc) is 2.74. The van der Waals surface area contributed by atoms with Crippen molar-refractivity contribution in [3.8, 4) is 0 Å². The molecule has 1 aliphatic carbocycles. The maximum absolute atomic E-state index is 12.1. The molecule has 1 amide bonds. The molecule has 0 spiro atoms. The third-order valence-corrected chi connectivity index (χ3v) is 5.46. The predicted molar refractivity (Wildman–Crippen MR) is 80.0 cm³/mol. The van der Waals surface area contributed by atoms with E-state index in [2.05, 4.69) is 19.2 Å². The van der Waals surface area contributed by atoms with Crippen LogP contribution in [-0.2, 0) is 9.05 Å². The van der Waals surface area contributed by atoms with Crippen LogP contribution in [0.15, 0.2) is 15.4 Å². The molecule has 1 aromatic heterocycles. The first-order valence-corrected chi connectivity index (χ1v) is 9.25. The molecule has 1 aromatic rings. The maximum Gasteiger partial charge on any atom is 0.287 e. The van der Waals surface area contributed by atoms with Crippen LogP contribution in [0.5, 0.6) is 0 Å². The molecule has 5 nitrogen and oxygen atoms in total. The summed E-state index contributed by atoms with van der Waals surface area (Å²) < 4.78 is 27.9. The predicted octanol–water partition coefficient (Wildman–Crippen LogP) is 3.21. The van der Waals surface area contributed by atoms with Crippen LogP contribution < -0.4 is 5.32 Å². The van der Waals surface area contributed by atoms with E-state index >= 15 is 0 Å². The number of carbonyl (C=O) groups is 1. The van der Waals surface area contributed by atoms with Crippen molar-refractivity contribution in [1.82, 2.24) is 5.32 Å². The third kappa shape index (κ3) is 4.01. The van der Waals surface area contributed by atoms with Crippen molar-refractivity contribution < 1.29 is 17.6 Å². The van der Waals surface area contributed by atoms with Crippen molar-refractivity contribution in [1.29, 1.82) is 0 Å². The van der Waals surface area contributed by atoms with Gasteiger partial charge < -0.3 is 9.73 Å². The van der Waals surface area contributed by atoms with Crippen LogP contribution in [-0.4, -0.2) is 20.4 Å². The van der Waals surface area contributed by atoms with Gasteiger partial charge >= 0.3 is 0 Å². The highest BCUT2D eigenvalue weighted by molar-refractivity contribution is 8.13. The monoisotopic (exact) mass is 333 g/mol. The zero-order chi connectivity index (χ0) is 15.8. The Morgan fingerprint density at radius 3 is 2.43 bits per heavy atom. The molecule has 1 heterocycles. The van der Waals surface area contributed by atoms with E-state index in [9.17, 15) is 13.2 Å². The minimum atomic E-state index is -3.90. The molecule has 21 heavy (non-hydrogen) atoms. The first-order chi connectivity index (χ1) is 9.58. The van der Waals surface area contributed by atoms with Gasteiger partial charge in [-0.15, -0.1) is 0 Å². The Balaban J connectivity index is 2.05. The molecule has 0 bridgehead atoms. The molecule has 0 unspecified atom stereocenters. The number of hydrogen-bond donors (Lipinski definition) is 1. The number of nitrogens with one attached hydrogen (secondary N) is 1. The Morgan fingerprint density at radius 1 is 1.38 bits per heavy atom. The lowest BCUT2D eigenvalue weighted by atomic mass is 9.75. The largest absolute Gasteiger partial charge is 0.455 e. The van der Waals surface area contributed by atoms with Crippen LogP contribution in [0.25, 0.3) is 0 Å². The second-order valence-electron chi connectivity index (χ2n) is 6.38. The lowest BCUT2D eigenvalue weighted by Crippen LogP contribution is -2.39. The van der Waals surface area contributed by atoms with Gasteiger partial charge in [-0.25, -0.2) is 8.42 Å². The third-order valence-electron chi connectivity index (χ3n) is 4.03. The number of aryl methyl sites for hydroxylation is 1. The van der Waals surface area contributed by atoms with Crippen molar-refractivity contribution in [2.24, 2.45) is 5.41 Å². The molecule has 1 N–H and O–H groups in total. The highest BCUT2D eigenvalue weighted by Gasteiger charge is 2.29. The van der Waals surface area contributed by atoms with Crippen LogP contribution in [0.1, 0.15) is 55.8 Å². The summed E-state index contributed by atoms with van der Waals surface area (Å²) in [5.74, 6) is -0.286. The molecule has 1 saturated carbocycles. The van der Waals surface area contributed by atoms with Crippen LogP contribution in [0, 0.1) is 12.3 Å². The van der Waals surface area contributed by atoms with Crippen molar-refractivity contribution in [2.75, 3.05) is 0 Å². The molecule has 0 aliphatic heterocycles. The molecule has 0 atom stereocenters. The molecule has 1 aliphatic rings. The van der Waals surface area contributed by atoms with Crippen molar-refractivity contribution >= 4 is 25.6 Å². The second-order valence-corrected chi connectivity index (χ2v) is 8.92. The van der Waals surface area contributed by atoms with E-state index in [1.165, 1.54) is 13.0 Å². The summed E-state index contributed by atoms with van der Waals surface area (Å²) in [5.41, 5.74) is 0.322. The van der Waals surface area contributed by atoms with Gasteiger partial charge in [0.1, 0.15) is 10.7 Å². The number of hydrogen-bond acceptors (Lipinski definition) is 4. The molecule has 0 aromatic carbocycles. The summed E-state index contributed by atoms with van der Waals surface area (Å²) in [6.07, 6.45) is 3.94.